The Labute approximate surface area is 122 Å². The molecule has 1 aromatic carbocycles. The fraction of sp³-hybridized carbons (Fsp3) is 0.429. The van der Waals surface area contributed by atoms with E-state index < -0.39 is 6.10 Å². The van der Waals surface area contributed by atoms with E-state index in [1.807, 2.05) is 6.92 Å². The van der Waals surface area contributed by atoms with Gasteiger partial charge in [0.25, 0.3) is 5.91 Å². The Morgan fingerprint density at radius 2 is 2.43 bits per heavy atom. The van der Waals surface area contributed by atoms with Crippen LogP contribution in [-0.2, 0) is 9.53 Å². The smallest absolute Gasteiger partial charge is 0.253 e. The lowest BCUT2D eigenvalue weighted by molar-refractivity contribution is -0.126. The molecule has 1 fully saturated rings. The van der Waals surface area contributed by atoms with E-state index in [0.29, 0.717) is 18.0 Å². The molecular weight excluding hydrogens is 274 g/mol. The lowest BCUT2D eigenvalue weighted by Crippen LogP contribution is -2.31. The molecule has 7 nitrogen and oxygen atoms in total. The van der Waals surface area contributed by atoms with Crippen LogP contribution in [-0.4, -0.2) is 36.3 Å². The minimum Gasteiger partial charge on any atom is -0.485 e. The number of amides is 1. The number of benzene rings is 1. The molecule has 2 rings (SSSR count). The zero-order valence-electron chi connectivity index (χ0n) is 11.8. The van der Waals surface area contributed by atoms with Crippen LogP contribution in [0.4, 0.5) is 5.69 Å². The maximum atomic E-state index is 12.1. The molecule has 2 unspecified atom stereocenters. The molecule has 1 amide bonds. The van der Waals surface area contributed by atoms with Crippen molar-refractivity contribution in [2.24, 2.45) is 16.8 Å². The van der Waals surface area contributed by atoms with Gasteiger partial charge in [0.05, 0.1) is 0 Å². The van der Waals surface area contributed by atoms with Crippen molar-refractivity contribution in [1.29, 1.82) is 0 Å². The van der Waals surface area contributed by atoms with Gasteiger partial charge < -0.3 is 25.7 Å². The number of nitrogens with one attached hydrogen (secondary N) is 1. The summed E-state index contributed by atoms with van der Waals surface area (Å²) in [6.07, 6.45) is 0.479. The van der Waals surface area contributed by atoms with E-state index in [-0.39, 0.29) is 24.3 Å². The monoisotopic (exact) mass is 293 g/mol. The summed E-state index contributed by atoms with van der Waals surface area (Å²) in [5.74, 6) is 0.538. The number of carbonyl (C=O) groups excluding carboxylic acids is 1. The second kappa shape index (κ2) is 6.94. The Morgan fingerprint density at radius 3 is 3.10 bits per heavy atom. The molecule has 1 heterocycles. The molecule has 0 aliphatic carbocycles. The standard InChI is InChI=1S/C14H19N3O4/c1-9-5-6-20-13(9)14(18)16-10-3-2-4-11(7-10)21-8-12(15)17-19/h2-4,7,9,13,19H,5-6,8H2,1H3,(H2,15,17)(H,16,18). The Morgan fingerprint density at radius 1 is 1.62 bits per heavy atom. The first-order valence-corrected chi connectivity index (χ1v) is 6.72. The van der Waals surface area contributed by atoms with Crippen molar-refractivity contribution in [3.8, 4) is 5.75 Å². The molecule has 1 aliphatic heterocycles. The molecule has 7 heteroatoms. The molecule has 0 saturated carbocycles. The third-order valence-electron chi connectivity index (χ3n) is 3.26. The molecule has 0 spiro atoms. The van der Waals surface area contributed by atoms with E-state index >= 15 is 0 Å². The molecule has 1 aliphatic rings. The van der Waals surface area contributed by atoms with Gasteiger partial charge in [0, 0.05) is 18.4 Å². The number of oxime groups is 1. The first-order valence-electron chi connectivity index (χ1n) is 6.72. The molecule has 4 N–H and O–H groups in total. The van der Waals surface area contributed by atoms with Crippen LogP contribution < -0.4 is 15.8 Å². The van der Waals surface area contributed by atoms with Gasteiger partial charge in [-0.25, -0.2) is 0 Å². The quantitative estimate of drug-likeness (QED) is 0.327. The van der Waals surface area contributed by atoms with Crippen molar-refractivity contribution < 1.29 is 19.5 Å². The second-order valence-corrected chi connectivity index (χ2v) is 4.95. The van der Waals surface area contributed by atoms with Crippen LogP contribution in [0, 0.1) is 5.92 Å². The van der Waals surface area contributed by atoms with Crippen LogP contribution >= 0.6 is 0 Å². The van der Waals surface area contributed by atoms with E-state index in [2.05, 4.69) is 10.5 Å². The lowest BCUT2D eigenvalue weighted by Gasteiger charge is -2.15. The van der Waals surface area contributed by atoms with Crippen LogP contribution in [0.2, 0.25) is 0 Å². The molecule has 1 saturated heterocycles. The number of ether oxygens (including phenoxy) is 2. The minimum atomic E-state index is -0.410. The summed E-state index contributed by atoms with van der Waals surface area (Å²) in [5, 5.41) is 14.1. The highest BCUT2D eigenvalue weighted by atomic mass is 16.5. The molecular formula is C14H19N3O4. The largest absolute Gasteiger partial charge is 0.485 e. The van der Waals surface area contributed by atoms with E-state index in [1.54, 1.807) is 24.3 Å². The molecule has 0 aromatic heterocycles. The molecule has 0 bridgehead atoms. The Kier molecular flexibility index (Phi) is 4.99. The number of amidine groups is 1. The van der Waals surface area contributed by atoms with Crippen LogP contribution in [0.15, 0.2) is 29.4 Å². The van der Waals surface area contributed by atoms with Crippen molar-refractivity contribution in [3.05, 3.63) is 24.3 Å². The highest BCUT2D eigenvalue weighted by molar-refractivity contribution is 5.94. The second-order valence-electron chi connectivity index (χ2n) is 4.95. The zero-order chi connectivity index (χ0) is 15.2. The zero-order valence-corrected chi connectivity index (χ0v) is 11.8. The highest BCUT2D eigenvalue weighted by Crippen LogP contribution is 2.23. The van der Waals surface area contributed by atoms with Crippen LogP contribution in [0.1, 0.15) is 13.3 Å². The molecule has 0 radical (unpaired) electrons. The highest BCUT2D eigenvalue weighted by Gasteiger charge is 2.30. The third-order valence-corrected chi connectivity index (χ3v) is 3.26. The first-order chi connectivity index (χ1) is 10.1. The van der Waals surface area contributed by atoms with Gasteiger partial charge in [-0.15, -0.1) is 0 Å². The predicted molar refractivity (Wildman–Crippen MR) is 77.5 cm³/mol. The summed E-state index contributed by atoms with van der Waals surface area (Å²) in [4.78, 5) is 12.1. The van der Waals surface area contributed by atoms with Gasteiger partial charge in [0.2, 0.25) is 0 Å². The number of anilines is 1. The van der Waals surface area contributed by atoms with E-state index in [0.717, 1.165) is 6.42 Å². The maximum absolute atomic E-state index is 12.1. The van der Waals surface area contributed by atoms with Crippen molar-refractivity contribution in [2.45, 2.75) is 19.4 Å². The minimum absolute atomic E-state index is 0.0300. The SMILES string of the molecule is CC1CCOC1C(=O)Nc1cccc(OC/C(N)=N/O)c1. The number of nitrogens with zero attached hydrogens (tertiary/aromatic N) is 1. The number of hydrogen-bond acceptors (Lipinski definition) is 5. The maximum Gasteiger partial charge on any atom is 0.253 e. The normalized spacial score (nSPS) is 22.0. The van der Waals surface area contributed by atoms with Crippen molar-refractivity contribution in [2.75, 3.05) is 18.5 Å². The topological polar surface area (TPSA) is 106 Å². The van der Waals surface area contributed by atoms with Gasteiger partial charge in [-0.3, -0.25) is 4.79 Å². The third kappa shape index (κ3) is 4.09. The Bertz CT molecular complexity index is 533. The summed E-state index contributed by atoms with van der Waals surface area (Å²) in [6.45, 7) is 2.58. The molecule has 1 aromatic rings. The molecule has 114 valence electrons. The van der Waals surface area contributed by atoms with Crippen molar-refractivity contribution >= 4 is 17.4 Å². The van der Waals surface area contributed by atoms with Gasteiger partial charge in [0.1, 0.15) is 18.5 Å². The number of nitrogens with two attached hydrogens (primary N) is 1. The summed E-state index contributed by atoms with van der Waals surface area (Å²) < 4.78 is 10.7. The number of carbonyl (C=O) groups is 1. The Hall–Kier alpha value is -2.28. The van der Waals surface area contributed by atoms with Crippen LogP contribution in [0.3, 0.4) is 0 Å². The van der Waals surface area contributed by atoms with Gasteiger partial charge in [-0.1, -0.05) is 18.1 Å². The van der Waals surface area contributed by atoms with E-state index in [1.165, 1.54) is 0 Å². The van der Waals surface area contributed by atoms with Crippen LogP contribution in [0.25, 0.3) is 0 Å². The summed E-state index contributed by atoms with van der Waals surface area (Å²) in [5.41, 5.74) is 5.94. The van der Waals surface area contributed by atoms with E-state index in [9.17, 15) is 4.79 Å². The number of hydrogen-bond donors (Lipinski definition) is 3. The molecule has 2 atom stereocenters. The van der Waals surface area contributed by atoms with Crippen LogP contribution in [0.5, 0.6) is 5.75 Å². The summed E-state index contributed by atoms with van der Waals surface area (Å²) in [6, 6.07) is 6.89. The average molecular weight is 293 g/mol. The number of rotatable bonds is 5. The van der Waals surface area contributed by atoms with Gasteiger partial charge in [-0.05, 0) is 24.5 Å². The van der Waals surface area contributed by atoms with Gasteiger partial charge >= 0.3 is 0 Å². The fourth-order valence-electron chi connectivity index (χ4n) is 2.09. The van der Waals surface area contributed by atoms with Crippen molar-refractivity contribution in [1.82, 2.24) is 0 Å². The fourth-order valence-corrected chi connectivity index (χ4v) is 2.09. The predicted octanol–water partition coefficient (Wildman–Crippen LogP) is 1.18. The first kappa shape index (κ1) is 15.1. The van der Waals surface area contributed by atoms with E-state index in [4.69, 9.17) is 20.4 Å². The van der Waals surface area contributed by atoms with Gasteiger partial charge in [0.15, 0.2) is 5.84 Å². The summed E-state index contributed by atoms with van der Waals surface area (Å²) in [7, 11) is 0. The summed E-state index contributed by atoms with van der Waals surface area (Å²) >= 11 is 0. The Balaban J connectivity index is 1.95. The average Bonchev–Trinajstić information content (AvgIpc) is 2.91. The van der Waals surface area contributed by atoms with Crippen molar-refractivity contribution in [3.63, 3.8) is 0 Å². The lowest BCUT2D eigenvalue weighted by atomic mass is 10.0. The molecule has 21 heavy (non-hydrogen) atoms. The van der Waals surface area contributed by atoms with Gasteiger partial charge in [-0.2, -0.15) is 0 Å².